The smallest absolute Gasteiger partial charge is 0.321 e. The maximum atomic E-state index is 10.2. The van der Waals surface area contributed by atoms with Crippen LogP contribution in [0.3, 0.4) is 0 Å². The molecule has 1 aromatic rings. The van der Waals surface area contributed by atoms with Gasteiger partial charge in [-0.05, 0) is 5.18 Å². The Morgan fingerprint density at radius 1 is 1.47 bits per heavy atom. The molecule has 0 aliphatic carbocycles. The van der Waals surface area contributed by atoms with Crippen LogP contribution < -0.4 is 10.5 Å². The van der Waals surface area contributed by atoms with Crippen LogP contribution in [0.25, 0.3) is 0 Å². The van der Waals surface area contributed by atoms with Crippen molar-refractivity contribution in [2.24, 2.45) is 5.18 Å². The van der Waals surface area contributed by atoms with E-state index in [2.05, 4.69) is 15.1 Å². The average Bonchev–Trinajstić information content (AvgIpc) is 2.18. The lowest BCUT2D eigenvalue weighted by molar-refractivity contribution is 0.140. The molecule has 15 heavy (non-hydrogen) atoms. The van der Waals surface area contributed by atoms with Gasteiger partial charge in [0, 0.05) is 7.11 Å². The monoisotopic (exact) mass is 214 g/mol. The van der Waals surface area contributed by atoms with Gasteiger partial charge in [-0.15, -0.1) is 4.91 Å². The van der Waals surface area contributed by atoms with Crippen molar-refractivity contribution in [1.82, 2.24) is 9.97 Å². The summed E-state index contributed by atoms with van der Waals surface area (Å²) in [6, 6.07) is -0.130. The van der Waals surface area contributed by atoms with E-state index in [1.54, 1.807) is 0 Å². The van der Waals surface area contributed by atoms with Crippen molar-refractivity contribution in [2.45, 2.75) is 0 Å². The molecule has 0 amide bonds. The molecular formula is C7H10N4O4. The average molecular weight is 214 g/mol. The van der Waals surface area contributed by atoms with E-state index in [0.29, 0.717) is 6.61 Å². The number of nitrogens with zero attached hydrogens (tertiary/aromatic N) is 3. The van der Waals surface area contributed by atoms with E-state index in [1.807, 2.05) is 0 Å². The van der Waals surface area contributed by atoms with Crippen molar-refractivity contribution in [3.8, 4) is 11.9 Å². The first-order valence-electron chi connectivity index (χ1n) is 4.00. The summed E-state index contributed by atoms with van der Waals surface area (Å²) in [4.78, 5) is 17.3. The van der Waals surface area contributed by atoms with Gasteiger partial charge in [-0.25, -0.2) is 0 Å². The molecule has 1 heterocycles. The van der Waals surface area contributed by atoms with Crippen LogP contribution in [-0.4, -0.2) is 35.4 Å². The fourth-order valence-electron chi connectivity index (χ4n) is 0.808. The van der Waals surface area contributed by atoms with Gasteiger partial charge in [0.15, 0.2) is 5.82 Å². The fourth-order valence-corrected chi connectivity index (χ4v) is 0.808. The Morgan fingerprint density at radius 3 is 2.73 bits per heavy atom. The normalized spacial score (nSPS) is 9.93. The molecule has 0 radical (unpaired) electrons. The summed E-state index contributed by atoms with van der Waals surface area (Å²) in [5.41, 5.74) is 4.93. The Morgan fingerprint density at radius 2 is 2.20 bits per heavy atom. The van der Waals surface area contributed by atoms with Gasteiger partial charge < -0.3 is 20.3 Å². The number of rotatable bonds is 5. The highest BCUT2D eigenvalue weighted by Gasteiger charge is 2.12. The number of methoxy groups -OCH3 is 1. The van der Waals surface area contributed by atoms with E-state index in [0.717, 1.165) is 0 Å². The maximum absolute atomic E-state index is 10.2. The second-order valence-corrected chi connectivity index (χ2v) is 2.50. The second kappa shape index (κ2) is 5.05. The van der Waals surface area contributed by atoms with Crippen molar-refractivity contribution in [3.63, 3.8) is 0 Å². The number of hydrogen-bond donors (Lipinski definition) is 2. The molecule has 0 aliphatic heterocycles. The molecule has 0 aliphatic rings. The van der Waals surface area contributed by atoms with Crippen LogP contribution in [0.4, 0.5) is 11.5 Å². The minimum atomic E-state index is -0.607. The molecule has 0 fully saturated rings. The van der Waals surface area contributed by atoms with Gasteiger partial charge >= 0.3 is 6.01 Å². The van der Waals surface area contributed by atoms with Gasteiger partial charge in [-0.1, -0.05) is 0 Å². The quantitative estimate of drug-likeness (QED) is 0.530. The van der Waals surface area contributed by atoms with Crippen LogP contribution in [0.1, 0.15) is 0 Å². The molecule has 0 spiro atoms. The van der Waals surface area contributed by atoms with Crippen LogP contribution in [0, 0.1) is 4.91 Å². The van der Waals surface area contributed by atoms with Gasteiger partial charge in [-0.3, -0.25) is 0 Å². The first kappa shape index (κ1) is 11.1. The summed E-state index contributed by atoms with van der Waals surface area (Å²) in [5, 5.41) is 11.7. The SMILES string of the molecule is COCCOc1nc(N)c(N=O)c(O)n1. The Balaban J connectivity index is 2.79. The molecule has 0 atom stereocenters. The number of nitroso groups, excluding NO2 is 1. The third kappa shape index (κ3) is 2.74. The molecule has 8 nitrogen and oxygen atoms in total. The van der Waals surface area contributed by atoms with Gasteiger partial charge in [0.25, 0.3) is 0 Å². The Bertz CT molecular complexity index is 334. The number of ether oxygens (including phenoxy) is 2. The molecule has 0 aromatic carbocycles. The van der Waals surface area contributed by atoms with Crippen LogP contribution >= 0.6 is 0 Å². The largest absolute Gasteiger partial charge is 0.491 e. The summed E-state index contributed by atoms with van der Waals surface area (Å²) in [6.45, 7) is 0.557. The number of nitrogens with two attached hydrogens (primary N) is 1. The predicted molar refractivity (Wildman–Crippen MR) is 50.9 cm³/mol. The van der Waals surface area contributed by atoms with E-state index in [1.165, 1.54) is 7.11 Å². The summed E-state index contributed by atoms with van der Waals surface area (Å²) in [7, 11) is 1.51. The molecule has 0 saturated carbocycles. The minimum Gasteiger partial charge on any atom is -0.491 e. The standard InChI is InChI=1S/C7H10N4O4/c1-14-2-3-15-7-9-5(8)4(11-13)6(12)10-7/h2-3H2,1H3,(H3,8,9,10,12). The lowest BCUT2D eigenvalue weighted by atomic mass is 10.5. The van der Waals surface area contributed by atoms with Crippen molar-refractivity contribution in [2.75, 3.05) is 26.1 Å². The van der Waals surface area contributed by atoms with Crippen LogP contribution in [0.5, 0.6) is 11.9 Å². The third-order valence-corrected chi connectivity index (χ3v) is 1.48. The summed E-state index contributed by atoms with van der Waals surface area (Å²) < 4.78 is 9.70. The molecule has 0 saturated heterocycles. The molecule has 3 N–H and O–H groups in total. The van der Waals surface area contributed by atoms with Crippen LogP contribution in [0.2, 0.25) is 0 Å². The highest BCUT2D eigenvalue weighted by molar-refractivity contribution is 5.63. The molecule has 8 heteroatoms. The molecule has 1 aromatic heterocycles. The Kier molecular flexibility index (Phi) is 3.75. The zero-order chi connectivity index (χ0) is 11.3. The number of nitrogen functional groups attached to an aromatic ring is 1. The molecule has 0 unspecified atom stereocenters. The lowest BCUT2D eigenvalue weighted by Gasteiger charge is -2.05. The number of aromatic nitrogens is 2. The number of hydrogen-bond acceptors (Lipinski definition) is 8. The minimum absolute atomic E-state index is 0.130. The van der Waals surface area contributed by atoms with Crippen molar-refractivity contribution < 1.29 is 14.6 Å². The summed E-state index contributed by atoms with van der Waals surface area (Å²) in [6.07, 6.45) is 0. The van der Waals surface area contributed by atoms with Gasteiger partial charge in [0.1, 0.15) is 6.61 Å². The second-order valence-electron chi connectivity index (χ2n) is 2.50. The highest BCUT2D eigenvalue weighted by Crippen LogP contribution is 2.30. The molecule has 1 rings (SSSR count). The molecular weight excluding hydrogens is 204 g/mol. The lowest BCUT2D eigenvalue weighted by Crippen LogP contribution is -2.07. The van der Waals surface area contributed by atoms with Crippen molar-refractivity contribution in [3.05, 3.63) is 4.91 Å². The summed E-state index contributed by atoms with van der Waals surface area (Å²) >= 11 is 0. The van der Waals surface area contributed by atoms with Gasteiger partial charge in [0.05, 0.1) is 6.61 Å². The zero-order valence-electron chi connectivity index (χ0n) is 8.01. The van der Waals surface area contributed by atoms with Gasteiger partial charge in [-0.2, -0.15) is 9.97 Å². The first-order chi connectivity index (χ1) is 7.19. The van der Waals surface area contributed by atoms with Gasteiger partial charge in [0.2, 0.25) is 11.6 Å². The third-order valence-electron chi connectivity index (χ3n) is 1.48. The van der Waals surface area contributed by atoms with Crippen LogP contribution in [0.15, 0.2) is 5.18 Å². The van der Waals surface area contributed by atoms with Crippen molar-refractivity contribution in [1.29, 1.82) is 0 Å². The highest BCUT2D eigenvalue weighted by atomic mass is 16.5. The van der Waals surface area contributed by atoms with E-state index in [9.17, 15) is 10.0 Å². The maximum Gasteiger partial charge on any atom is 0.321 e. The fraction of sp³-hybridized carbons (Fsp3) is 0.429. The van der Waals surface area contributed by atoms with Crippen LogP contribution in [-0.2, 0) is 4.74 Å². The number of anilines is 1. The predicted octanol–water partition coefficient (Wildman–Crippen LogP) is 0.188. The Hall–Kier alpha value is -1.96. The number of aromatic hydroxyl groups is 1. The first-order valence-corrected chi connectivity index (χ1v) is 4.00. The summed E-state index contributed by atoms with van der Waals surface area (Å²) in [5.74, 6) is -0.838. The van der Waals surface area contributed by atoms with E-state index in [-0.39, 0.29) is 18.4 Å². The molecule has 0 bridgehead atoms. The van der Waals surface area contributed by atoms with Crippen molar-refractivity contribution >= 4 is 11.5 Å². The van der Waals surface area contributed by atoms with E-state index >= 15 is 0 Å². The Labute approximate surface area is 85.0 Å². The zero-order valence-corrected chi connectivity index (χ0v) is 8.01. The van der Waals surface area contributed by atoms with E-state index in [4.69, 9.17) is 15.2 Å². The molecule has 82 valence electrons. The topological polar surface area (TPSA) is 120 Å². The van der Waals surface area contributed by atoms with E-state index < -0.39 is 11.6 Å².